The maximum absolute atomic E-state index is 11.6. The van der Waals surface area contributed by atoms with Gasteiger partial charge in [0.1, 0.15) is 0 Å². The predicted molar refractivity (Wildman–Crippen MR) is 73.6 cm³/mol. The number of aryl methyl sites for hydroxylation is 1. The summed E-state index contributed by atoms with van der Waals surface area (Å²) in [7, 11) is 0. The van der Waals surface area contributed by atoms with E-state index >= 15 is 0 Å². The minimum atomic E-state index is -0.462. The third kappa shape index (κ3) is 5.33. The van der Waals surface area contributed by atoms with E-state index < -0.39 is 5.54 Å². The molecule has 1 amide bonds. The molecule has 0 atom stereocenters. The second kappa shape index (κ2) is 5.65. The molecular weight excluding hydrogens is 280 g/mol. The van der Waals surface area contributed by atoms with Crippen molar-refractivity contribution in [2.75, 3.05) is 0 Å². The molecule has 94 valence electrons. The normalized spacial score (nSPS) is 11.4. The van der Waals surface area contributed by atoms with Crippen LogP contribution in [-0.2, 0) is 11.3 Å². The molecule has 0 saturated carbocycles. The standard InChI is InChI=1S/C13H19BrN2O/c1-9-4-5-11(14)6-10(9)8-16-12(17)7-13(2,3)15/h4-6H,7-8,15H2,1-3H3,(H,16,17). The van der Waals surface area contributed by atoms with E-state index in [-0.39, 0.29) is 5.91 Å². The van der Waals surface area contributed by atoms with Crippen LogP contribution in [0.1, 0.15) is 31.4 Å². The van der Waals surface area contributed by atoms with Gasteiger partial charge in [-0.2, -0.15) is 0 Å². The largest absolute Gasteiger partial charge is 0.352 e. The zero-order valence-electron chi connectivity index (χ0n) is 10.5. The molecule has 0 unspecified atom stereocenters. The van der Waals surface area contributed by atoms with Gasteiger partial charge >= 0.3 is 0 Å². The smallest absolute Gasteiger partial charge is 0.222 e. The van der Waals surface area contributed by atoms with Gasteiger partial charge in [0.05, 0.1) is 0 Å². The Morgan fingerprint density at radius 1 is 1.47 bits per heavy atom. The molecule has 0 spiro atoms. The monoisotopic (exact) mass is 298 g/mol. The van der Waals surface area contributed by atoms with E-state index in [2.05, 4.69) is 21.2 Å². The quantitative estimate of drug-likeness (QED) is 0.897. The number of hydrogen-bond donors (Lipinski definition) is 2. The van der Waals surface area contributed by atoms with Crippen LogP contribution in [0.25, 0.3) is 0 Å². The van der Waals surface area contributed by atoms with Crippen LogP contribution in [0, 0.1) is 6.92 Å². The fourth-order valence-electron chi connectivity index (χ4n) is 1.50. The summed E-state index contributed by atoms with van der Waals surface area (Å²) < 4.78 is 1.02. The van der Waals surface area contributed by atoms with Crippen molar-refractivity contribution in [1.29, 1.82) is 0 Å². The Labute approximate surface area is 111 Å². The molecule has 0 saturated heterocycles. The van der Waals surface area contributed by atoms with Gasteiger partial charge in [0.25, 0.3) is 0 Å². The van der Waals surface area contributed by atoms with Gasteiger partial charge in [0.2, 0.25) is 5.91 Å². The minimum Gasteiger partial charge on any atom is -0.352 e. The minimum absolute atomic E-state index is 0.0168. The van der Waals surface area contributed by atoms with Crippen molar-refractivity contribution >= 4 is 21.8 Å². The van der Waals surface area contributed by atoms with Gasteiger partial charge in [-0.15, -0.1) is 0 Å². The number of halogens is 1. The Bertz CT molecular complexity index is 410. The molecule has 1 rings (SSSR count). The van der Waals surface area contributed by atoms with Crippen LogP contribution in [0.15, 0.2) is 22.7 Å². The maximum Gasteiger partial charge on any atom is 0.222 e. The zero-order valence-corrected chi connectivity index (χ0v) is 12.1. The first-order chi connectivity index (χ1) is 7.78. The molecule has 17 heavy (non-hydrogen) atoms. The molecule has 3 nitrogen and oxygen atoms in total. The molecule has 0 aromatic heterocycles. The van der Waals surface area contributed by atoms with Gasteiger partial charge in [-0.05, 0) is 44.0 Å². The first-order valence-electron chi connectivity index (χ1n) is 5.58. The van der Waals surface area contributed by atoms with E-state index in [9.17, 15) is 4.79 Å². The number of carbonyl (C=O) groups excluding carboxylic acids is 1. The third-order valence-electron chi connectivity index (χ3n) is 2.40. The number of nitrogens with one attached hydrogen (secondary N) is 1. The van der Waals surface area contributed by atoms with E-state index in [0.717, 1.165) is 10.0 Å². The highest BCUT2D eigenvalue weighted by Gasteiger charge is 2.16. The number of hydrogen-bond acceptors (Lipinski definition) is 2. The number of nitrogens with two attached hydrogens (primary N) is 1. The third-order valence-corrected chi connectivity index (χ3v) is 2.90. The Morgan fingerprint density at radius 3 is 2.71 bits per heavy atom. The average molecular weight is 299 g/mol. The van der Waals surface area contributed by atoms with E-state index in [1.54, 1.807) is 0 Å². The fourth-order valence-corrected chi connectivity index (χ4v) is 1.91. The van der Waals surface area contributed by atoms with Gasteiger partial charge in [-0.25, -0.2) is 0 Å². The highest BCUT2D eigenvalue weighted by atomic mass is 79.9. The number of amides is 1. The van der Waals surface area contributed by atoms with Gasteiger partial charge in [0.15, 0.2) is 0 Å². The molecule has 3 N–H and O–H groups in total. The SMILES string of the molecule is Cc1ccc(Br)cc1CNC(=O)CC(C)(C)N. The summed E-state index contributed by atoms with van der Waals surface area (Å²) in [5, 5.41) is 2.88. The number of carbonyl (C=O) groups is 1. The van der Waals surface area contributed by atoms with Crippen molar-refractivity contribution in [3.63, 3.8) is 0 Å². The second-order valence-corrected chi connectivity index (χ2v) is 5.93. The zero-order chi connectivity index (χ0) is 13.1. The molecule has 0 aliphatic heterocycles. The summed E-state index contributed by atoms with van der Waals surface area (Å²) in [6, 6.07) is 6.03. The van der Waals surface area contributed by atoms with Crippen molar-refractivity contribution < 1.29 is 4.79 Å². The average Bonchev–Trinajstić information content (AvgIpc) is 2.17. The van der Waals surface area contributed by atoms with E-state index in [4.69, 9.17) is 5.73 Å². The molecule has 0 radical (unpaired) electrons. The fraction of sp³-hybridized carbons (Fsp3) is 0.462. The summed E-state index contributed by atoms with van der Waals surface area (Å²) >= 11 is 3.42. The Hall–Kier alpha value is -0.870. The van der Waals surface area contributed by atoms with E-state index in [1.165, 1.54) is 5.56 Å². The number of benzene rings is 1. The summed E-state index contributed by atoms with van der Waals surface area (Å²) in [5.74, 6) is -0.0168. The van der Waals surface area contributed by atoms with Crippen LogP contribution in [0.2, 0.25) is 0 Å². The van der Waals surface area contributed by atoms with Crippen LogP contribution in [0.5, 0.6) is 0 Å². The van der Waals surface area contributed by atoms with Crippen molar-refractivity contribution in [2.24, 2.45) is 5.73 Å². The van der Waals surface area contributed by atoms with Crippen molar-refractivity contribution in [2.45, 2.75) is 39.3 Å². The van der Waals surface area contributed by atoms with Gasteiger partial charge in [-0.3, -0.25) is 4.79 Å². The lowest BCUT2D eigenvalue weighted by atomic mass is 10.0. The van der Waals surface area contributed by atoms with Crippen molar-refractivity contribution in [1.82, 2.24) is 5.32 Å². The lowest BCUT2D eigenvalue weighted by Gasteiger charge is -2.17. The van der Waals surface area contributed by atoms with Crippen LogP contribution in [-0.4, -0.2) is 11.4 Å². The summed E-state index contributed by atoms with van der Waals surface area (Å²) in [4.78, 5) is 11.6. The lowest BCUT2D eigenvalue weighted by Crippen LogP contribution is -2.38. The molecule has 1 aromatic rings. The molecule has 0 bridgehead atoms. The maximum atomic E-state index is 11.6. The summed E-state index contributed by atoms with van der Waals surface area (Å²) in [5.41, 5.74) is 7.61. The molecule has 0 heterocycles. The second-order valence-electron chi connectivity index (χ2n) is 5.01. The molecule has 1 aromatic carbocycles. The van der Waals surface area contributed by atoms with Gasteiger partial charge in [0, 0.05) is 23.0 Å². The topological polar surface area (TPSA) is 55.1 Å². The first kappa shape index (κ1) is 14.2. The molecular formula is C13H19BrN2O. The van der Waals surface area contributed by atoms with Crippen LogP contribution in [0.3, 0.4) is 0 Å². The van der Waals surface area contributed by atoms with Gasteiger partial charge in [-0.1, -0.05) is 22.0 Å². The summed E-state index contributed by atoms with van der Waals surface area (Å²) in [6.07, 6.45) is 0.333. The summed E-state index contributed by atoms with van der Waals surface area (Å²) in [6.45, 7) is 6.26. The highest BCUT2D eigenvalue weighted by Crippen LogP contribution is 2.16. The Morgan fingerprint density at radius 2 is 2.12 bits per heavy atom. The highest BCUT2D eigenvalue weighted by molar-refractivity contribution is 9.10. The lowest BCUT2D eigenvalue weighted by molar-refractivity contribution is -0.122. The van der Waals surface area contributed by atoms with E-state index in [0.29, 0.717) is 13.0 Å². The predicted octanol–water partition coefficient (Wildman–Crippen LogP) is 2.50. The van der Waals surface area contributed by atoms with Crippen LogP contribution in [0.4, 0.5) is 0 Å². The van der Waals surface area contributed by atoms with Crippen molar-refractivity contribution in [3.05, 3.63) is 33.8 Å². The number of rotatable bonds is 4. The molecule has 0 aliphatic carbocycles. The first-order valence-corrected chi connectivity index (χ1v) is 6.38. The Kier molecular flexibility index (Phi) is 4.71. The van der Waals surface area contributed by atoms with E-state index in [1.807, 2.05) is 39.0 Å². The van der Waals surface area contributed by atoms with Crippen molar-refractivity contribution in [3.8, 4) is 0 Å². The Balaban J connectivity index is 2.56. The molecule has 0 aliphatic rings. The molecule has 4 heteroatoms. The van der Waals surface area contributed by atoms with Crippen LogP contribution < -0.4 is 11.1 Å². The van der Waals surface area contributed by atoms with Crippen LogP contribution >= 0.6 is 15.9 Å². The van der Waals surface area contributed by atoms with Gasteiger partial charge < -0.3 is 11.1 Å². The molecule has 0 fully saturated rings.